The molecule has 3 aliphatic rings. The molecule has 1 amide bonds. The van der Waals surface area contributed by atoms with Crippen molar-refractivity contribution < 1.29 is 58.9 Å². The number of amides is 1. The standard InChI is InChI=1S/C45H63NO12/c1-4-5-6-7-8-9-10-11-12-13-14-15-16-17-18-22-34(49)46-30-23-35(57-27(2)40(30)50)58-32-25-45(55,33(48)26-47)24-29-37(32)44(54)39-38(42(29)52)41(51)28-20-19-21-31(56-3)36(28)43(39)53/h19-21,27,30,32,35,40,47,50,52,54-55H,4-18,22-26H2,1-3H3,(H,46,49)/t27-,30-,32-,35-,40+,45-/m0/s1. The number of phenols is 2. The highest BCUT2D eigenvalue weighted by Crippen LogP contribution is 2.52. The Morgan fingerprint density at radius 2 is 1.45 bits per heavy atom. The van der Waals surface area contributed by atoms with Crippen LogP contribution in [0.4, 0.5) is 0 Å². The van der Waals surface area contributed by atoms with Crippen molar-refractivity contribution in [1.82, 2.24) is 5.32 Å². The molecular formula is C45H63NO12. The van der Waals surface area contributed by atoms with Gasteiger partial charge in [-0.3, -0.25) is 19.2 Å². The Bertz CT molecular complexity index is 1780. The maximum atomic E-state index is 13.9. The van der Waals surface area contributed by atoms with Gasteiger partial charge < -0.3 is 45.1 Å². The van der Waals surface area contributed by atoms with Crippen molar-refractivity contribution in [3.63, 3.8) is 0 Å². The van der Waals surface area contributed by atoms with Crippen LogP contribution in [0.3, 0.4) is 0 Å². The molecule has 0 unspecified atom stereocenters. The van der Waals surface area contributed by atoms with Crippen molar-refractivity contribution in [3.8, 4) is 17.2 Å². The number of aliphatic hydroxyl groups is 3. The fourth-order valence-electron chi connectivity index (χ4n) is 8.79. The number of methoxy groups -OCH3 is 1. The van der Waals surface area contributed by atoms with Crippen molar-refractivity contribution in [2.45, 2.75) is 172 Å². The Morgan fingerprint density at radius 1 is 0.862 bits per heavy atom. The summed E-state index contributed by atoms with van der Waals surface area (Å²) >= 11 is 0. The van der Waals surface area contributed by atoms with E-state index in [1.54, 1.807) is 6.92 Å². The molecule has 1 fully saturated rings. The summed E-state index contributed by atoms with van der Waals surface area (Å²) in [7, 11) is 1.33. The molecule has 1 saturated heterocycles. The summed E-state index contributed by atoms with van der Waals surface area (Å²) in [5.41, 5.74) is -3.78. The minimum Gasteiger partial charge on any atom is -0.507 e. The first-order chi connectivity index (χ1) is 27.9. The lowest BCUT2D eigenvalue weighted by Gasteiger charge is -2.43. The lowest BCUT2D eigenvalue weighted by atomic mass is 9.72. The van der Waals surface area contributed by atoms with E-state index in [4.69, 9.17) is 14.2 Å². The number of carbonyl (C=O) groups excluding carboxylic acids is 4. The third-order valence-corrected chi connectivity index (χ3v) is 12.1. The number of Topliss-reactive ketones (excluding diaryl/α,β-unsaturated/α-hetero) is 1. The number of aromatic hydroxyl groups is 2. The fourth-order valence-corrected chi connectivity index (χ4v) is 8.79. The van der Waals surface area contributed by atoms with Crippen LogP contribution in [-0.2, 0) is 25.5 Å². The lowest BCUT2D eigenvalue weighted by Crippen LogP contribution is -2.55. The molecule has 1 aliphatic heterocycles. The van der Waals surface area contributed by atoms with Gasteiger partial charge in [-0.05, 0) is 19.4 Å². The number of rotatable bonds is 22. The summed E-state index contributed by atoms with van der Waals surface area (Å²) in [5, 5.41) is 58.6. The second-order valence-electron chi connectivity index (χ2n) is 16.4. The minimum atomic E-state index is -2.30. The summed E-state index contributed by atoms with van der Waals surface area (Å²) in [5.74, 6) is -4.09. The zero-order chi connectivity index (χ0) is 42.0. The Kier molecular flexibility index (Phi) is 16.3. The molecule has 2 aromatic carbocycles. The van der Waals surface area contributed by atoms with Gasteiger partial charge in [-0.2, -0.15) is 0 Å². The summed E-state index contributed by atoms with van der Waals surface area (Å²) < 4.78 is 17.6. The molecular weight excluding hydrogens is 746 g/mol. The Hall–Kier alpha value is -3.88. The van der Waals surface area contributed by atoms with E-state index in [1.807, 2.05) is 0 Å². The van der Waals surface area contributed by atoms with Crippen molar-refractivity contribution in [2.24, 2.45) is 0 Å². The number of aliphatic hydroxyl groups excluding tert-OH is 2. The number of ketones is 3. The molecule has 0 saturated carbocycles. The van der Waals surface area contributed by atoms with E-state index in [-0.39, 0.29) is 46.8 Å². The molecule has 320 valence electrons. The zero-order valence-electron chi connectivity index (χ0n) is 34.4. The number of phenolic OH excluding ortho intramolecular Hbond substituents is 2. The highest BCUT2D eigenvalue weighted by molar-refractivity contribution is 6.31. The first-order valence-corrected chi connectivity index (χ1v) is 21.4. The number of carbonyl (C=O) groups is 4. The molecule has 13 nitrogen and oxygen atoms in total. The molecule has 6 N–H and O–H groups in total. The lowest BCUT2D eigenvalue weighted by molar-refractivity contribution is -0.249. The smallest absolute Gasteiger partial charge is 0.220 e. The first-order valence-electron chi connectivity index (χ1n) is 21.4. The van der Waals surface area contributed by atoms with Gasteiger partial charge in [0.15, 0.2) is 17.9 Å². The van der Waals surface area contributed by atoms with Gasteiger partial charge in [0, 0.05) is 42.4 Å². The highest BCUT2D eigenvalue weighted by atomic mass is 16.7. The maximum Gasteiger partial charge on any atom is 0.220 e. The number of ether oxygens (including phenoxy) is 3. The third kappa shape index (κ3) is 10.3. The van der Waals surface area contributed by atoms with Crippen LogP contribution in [-0.4, -0.2) is 92.6 Å². The Morgan fingerprint density at radius 3 is 2.03 bits per heavy atom. The number of benzene rings is 2. The molecule has 1 heterocycles. The van der Waals surface area contributed by atoms with Gasteiger partial charge in [0.2, 0.25) is 11.7 Å². The van der Waals surface area contributed by atoms with Crippen LogP contribution in [0.2, 0.25) is 0 Å². The van der Waals surface area contributed by atoms with E-state index >= 15 is 0 Å². The third-order valence-electron chi connectivity index (χ3n) is 12.1. The predicted octanol–water partition coefficient (Wildman–Crippen LogP) is 6.42. The molecule has 58 heavy (non-hydrogen) atoms. The summed E-state index contributed by atoms with van der Waals surface area (Å²) in [4.78, 5) is 53.7. The number of hydrogen-bond acceptors (Lipinski definition) is 12. The molecule has 0 spiro atoms. The van der Waals surface area contributed by atoms with Crippen LogP contribution in [0.25, 0.3) is 0 Å². The van der Waals surface area contributed by atoms with E-state index in [0.717, 1.165) is 19.3 Å². The van der Waals surface area contributed by atoms with E-state index in [2.05, 4.69) is 12.2 Å². The molecule has 0 bridgehead atoms. The highest BCUT2D eigenvalue weighted by Gasteiger charge is 2.50. The number of hydrogen-bond donors (Lipinski definition) is 6. The fraction of sp³-hybridized carbons (Fsp3) is 0.644. The van der Waals surface area contributed by atoms with Crippen LogP contribution in [0, 0.1) is 0 Å². The number of unbranched alkanes of at least 4 members (excludes halogenated alkanes) is 14. The Labute approximate surface area is 341 Å². The van der Waals surface area contributed by atoms with E-state index in [0.29, 0.717) is 6.42 Å². The van der Waals surface area contributed by atoms with Gasteiger partial charge in [0.05, 0.1) is 42.0 Å². The van der Waals surface area contributed by atoms with Gasteiger partial charge in [-0.25, -0.2) is 0 Å². The van der Waals surface area contributed by atoms with Gasteiger partial charge in [0.1, 0.15) is 35.6 Å². The molecule has 2 aliphatic carbocycles. The first kappa shape index (κ1) is 45.2. The molecule has 0 radical (unpaired) electrons. The molecule has 6 atom stereocenters. The van der Waals surface area contributed by atoms with Crippen molar-refractivity contribution in [1.29, 1.82) is 0 Å². The van der Waals surface area contributed by atoms with E-state index in [1.165, 1.54) is 95.9 Å². The van der Waals surface area contributed by atoms with Crippen LogP contribution in [0.1, 0.15) is 178 Å². The van der Waals surface area contributed by atoms with Crippen molar-refractivity contribution in [3.05, 3.63) is 51.6 Å². The van der Waals surface area contributed by atoms with E-state index in [9.17, 15) is 44.7 Å². The predicted molar refractivity (Wildman–Crippen MR) is 215 cm³/mol. The number of nitrogens with one attached hydrogen (secondary N) is 1. The van der Waals surface area contributed by atoms with Crippen LogP contribution >= 0.6 is 0 Å². The SMILES string of the molecule is CCCCCCCCCCCCCCCCCC(=O)N[C@H]1C[C@H](O[C@H]2C[C@](O)(C(=O)CO)Cc3c(O)c4c(c(O)c32)C(=O)c2c(OC)cccc2C4=O)O[C@@H](C)[C@H]1O. The maximum absolute atomic E-state index is 13.9. The van der Waals surface area contributed by atoms with Crippen LogP contribution < -0.4 is 10.1 Å². The topological polar surface area (TPSA) is 209 Å². The zero-order valence-corrected chi connectivity index (χ0v) is 34.4. The summed E-state index contributed by atoms with van der Waals surface area (Å²) in [6.45, 7) is 2.80. The van der Waals surface area contributed by atoms with E-state index < -0.39 is 95.7 Å². The van der Waals surface area contributed by atoms with Crippen molar-refractivity contribution in [2.75, 3.05) is 13.7 Å². The molecule has 0 aromatic heterocycles. The minimum absolute atomic E-state index is 0.0476. The molecule has 13 heteroatoms. The molecule has 2 aromatic rings. The van der Waals surface area contributed by atoms with Crippen molar-refractivity contribution >= 4 is 23.3 Å². The van der Waals surface area contributed by atoms with Gasteiger partial charge in [-0.15, -0.1) is 0 Å². The average molecular weight is 810 g/mol. The largest absolute Gasteiger partial charge is 0.507 e. The normalized spacial score (nSPS) is 23.9. The molecule has 5 rings (SSSR count). The van der Waals surface area contributed by atoms with Gasteiger partial charge >= 0.3 is 0 Å². The quantitative estimate of drug-likeness (QED) is 0.0480. The Balaban J connectivity index is 1.21. The number of fused-ring (bicyclic) bond motifs is 3. The average Bonchev–Trinajstić information content (AvgIpc) is 3.20. The second-order valence-corrected chi connectivity index (χ2v) is 16.4. The van der Waals surface area contributed by atoms with Gasteiger partial charge in [-0.1, -0.05) is 109 Å². The van der Waals surface area contributed by atoms with Gasteiger partial charge in [0.25, 0.3) is 0 Å². The van der Waals surface area contributed by atoms with Crippen LogP contribution in [0.5, 0.6) is 17.2 Å². The monoisotopic (exact) mass is 809 g/mol. The summed E-state index contributed by atoms with van der Waals surface area (Å²) in [6.07, 6.45) is 12.9. The second kappa shape index (κ2) is 20.9. The summed E-state index contributed by atoms with van der Waals surface area (Å²) in [6, 6.07) is 3.60. The van der Waals surface area contributed by atoms with Crippen LogP contribution in [0.15, 0.2) is 18.2 Å².